The lowest BCUT2D eigenvalue weighted by Gasteiger charge is -1.99. The largest absolute Gasteiger partial charge is 0.236 e. The molecule has 0 bridgehead atoms. The second kappa shape index (κ2) is 4.84. The molecule has 1 saturated heterocycles. The monoisotopic (exact) mass is 272 g/mol. The Morgan fingerprint density at radius 2 is 1.93 bits per heavy atom. The predicted octanol–water partition coefficient (Wildman–Crippen LogP) is 1.08. The van der Waals surface area contributed by atoms with E-state index in [1.807, 2.05) is 0 Å². The Labute approximate surface area is 94.7 Å². The molecule has 7 heteroatoms. The number of hydrogen-bond donors (Lipinski definition) is 0. The van der Waals surface area contributed by atoms with E-state index in [1.54, 1.807) is 0 Å². The van der Waals surface area contributed by atoms with Gasteiger partial charge in [-0.15, -0.1) is 0 Å². The SMILES string of the molecule is O=S(=O)(Cl)C/C=C1\CCCS(=O)(=O)CC1. The average molecular weight is 273 g/mol. The third-order valence-electron chi connectivity index (χ3n) is 2.26. The first-order valence-corrected chi connectivity index (χ1v) is 8.89. The minimum Gasteiger partial charge on any atom is -0.229 e. The molecule has 1 heterocycles. The minimum absolute atomic E-state index is 0.112. The fourth-order valence-corrected chi connectivity index (χ4v) is 3.44. The quantitative estimate of drug-likeness (QED) is 0.557. The average Bonchev–Trinajstić information content (AvgIpc) is 2.22. The van der Waals surface area contributed by atoms with Crippen molar-refractivity contribution in [3.8, 4) is 0 Å². The van der Waals surface area contributed by atoms with E-state index in [9.17, 15) is 16.8 Å². The van der Waals surface area contributed by atoms with Crippen LogP contribution in [0.5, 0.6) is 0 Å². The van der Waals surface area contributed by atoms with Crippen LogP contribution in [0.3, 0.4) is 0 Å². The first-order valence-electron chi connectivity index (χ1n) is 4.59. The summed E-state index contributed by atoms with van der Waals surface area (Å²) in [6, 6.07) is 0. The zero-order valence-corrected chi connectivity index (χ0v) is 10.5. The van der Waals surface area contributed by atoms with Crippen molar-refractivity contribution in [3.05, 3.63) is 11.6 Å². The van der Waals surface area contributed by atoms with E-state index >= 15 is 0 Å². The zero-order valence-electron chi connectivity index (χ0n) is 8.15. The predicted molar refractivity (Wildman–Crippen MR) is 60.2 cm³/mol. The Morgan fingerprint density at radius 3 is 2.53 bits per heavy atom. The molecule has 0 atom stereocenters. The van der Waals surface area contributed by atoms with Crippen LogP contribution in [0.4, 0.5) is 0 Å². The third kappa shape index (κ3) is 5.53. The van der Waals surface area contributed by atoms with Crippen molar-refractivity contribution in [3.63, 3.8) is 0 Å². The third-order valence-corrected chi connectivity index (χ3v) is 4.94. The summed E-state index contributed by atoms with van der Waals surface area (Å²) in [4.78, 5) is 0. The van der Waals surface area contributed by atoms with Gasteiger partial charge in [-0.2, -0.15) is 0 Å². The molecule has 4 nitrogen and oxygen atoms in total. The van der Waals surface area contributed by atoms with Crippen LogP contribution < -0.4 is 0 Å². The van der Waals surface area contributed by atoms with Crippen LogP contribution in [0.2, 0.25) is 0 Å². The molecule has 1 aliphatic heterocycles. The molecule has 0 aliphatic carbocycles. The highest BCUT2D eigenvalue weighted by Crippen LogP contribution is 2.18. The second-order valence-electron chi connectivity index (χ2n) is 3.57. The lowest BCUT2D eigenvalue weighted by molar-refractivity contribution is 0.595. The van der Waals surface area contributed by atoms with Gasteiger partial charge in [-0.05, 0) is 19.3 Å². The smallest absolute Gasteiger partial charge is 0.229 e. The van der Waals surface area contributed by atoms with Crippen LogP contribution in [0.1, 0.15) is 19.3 Å². The highest BCUT2D eigenvalue weighted by atomic mass is 35.7. The molecule has 0 amide bonds. The zero-order chi connectivity index (χ0) is 11.5. The molecule has 0 saturated carbocycles. The first-order chi connectivity index (χ1) is 6.79. The fraction of sp³-hybridized carbons (Fsp3) is 0.750. The summed E-state index contributed by atoms with van der Waals surface area (Å²) in [5, 5.41) is 0. The number of halogens is 1. The van der Waals surface area contributed by atoms with Crippen LogP contribution in [0.25, 0.3) is 0 Å². The molecule has 0 aromatic heterocycles. The van der Waals surface area contributed by atoms with Crippen molar-refractivity contribution in [2.75, 3.05) is 17.3 Å². The van der Waals surface area contributed by atoms with Crippen LogP contribution >= 0.6 is 10.7 Å². The van der Waals surface area contributed by atoms with Crippen molar-refractivity contribution in [1.29, 1.82) is 0 Å². The van der Waals surface area contributed by atoms with Crippen molar-refractivity contribution in [2.24, 2.45) is 0 Å². The van der Waals surface area contributed by atoms with E-state index in [0.717, 1.165) is 5.57 Å². The molecule has 0 aromatic rings. The lowest BCUT2D eigenvalue weighted by Crippen LogP contribution is -2.07. The minimum atomic E-state index is -3.52. The maximum absolute atomic E-state index is 11.2. The van der Waals surface area contributed by atoms with Crippen molar-refractivity contribution >= 4 is 29.6 Å². The van der Waals surface area contributed by atoms with Gasteiger partial charge in [-0.25, -0.2) is 16.8 Å². The van der Waals surface area contributed by atoms with Gasteiger partial charge in [0.1, 0.15) is 0 Å². The number of rotatable bonds is 2. The number of allylic oxidation sites excluding steroid dienone is 1. The van der Waals surface area contributed by atoms with E-state index < -0.39 is 18.9 Å². The summed E-state index contributed by atoms with van der Waals surface area (Å²) < 4.78 is 43.9. The van der Waals surface area contributed by atoms with Gasteiger partial charge >= 0.3 is 0 Å². The fourth-order valence-electron chi connectivity index (χ4n) is 1.45. The summed E-state index contributed by atoms with van der Waals surface area (Å²) in [6.07, 6.45) is 3.17. The molecule has 1 rings (SSSR count). The molecular formula is C8H13ClO4S2. The van der Waals surface area contributed by atoms with E-state index in [0.29, 0.717) is 19.3 Å². The van der Waals surface area contributed by atoms with E-state index in [2.05, 4.69) is 0 Å². The molecule has 0 radical (unpaired) electrons. The molecule has 0 aromatic carbocycles. The van der Waals surface area contributed by atoms with Crippen LogP contribution in [0.15, 0.2) is 11.6 Å². The van der Waals surface area contributed by atoms with Crippen LogP contribution in [0, 0.1) is 0 Å². The molecule has 15 heavy (non-hydrogen) atoms. The molecule has 0 unspecified atom stereocenters. The lowest BCUT2D eigenvalue weighted by atomic mass is 10.1. The van der Waals surface area contributed by atoms with E-state index in [1.165, 1.54) is 6.08 Å². The molecule has 1 fully saturated rings. The topological polar surface area (TPSA) is 68.3 Å². The normalized spacial score (nSPS) is 25.0. The Kier molecular flexibility index (Phi) is 4.20. The molecule has 88 valence electrons. The Morgan fingerprint density at radius 1 is 1.27 bits per heavy atom. The van der Waals surface area contributed by atoms with Crippen LogP contribution in [-0.2, 0) is 18.9 Å². The highest BCUT2D eigenvalue weighted by molar-refractivity contribution is 8.13. The summed E-state index contributed by atoms with van der Waals surface area (Å²) >= 11 is 0. The van der Waals surface area contributed by atoms with Gasteiger partial charge < -0.3 is 0 Å². The maximum Gasteiger partial charge on any atom is 0.236 e. The van der Waals surface area contributed by atoms with E-state index in [-0.39, 0.29) is 17.3 Å². The highest BCUT2D eigenvalue weighted by Gasteiger charge is 2.16. The summed E-state index contributed by atoms with van der Waals surface area (Å²) in [5.74, 6) is 0.0864. The first kappa shape index (κ1) is 13.0. The van der Waals surface area contributed by atoms with Gasteiger partial charge in [0.25, 0.3) is 0 Å². The van der Waals surface area contributed by atoms with Gasteiger partial charge in [0.15, 0.2) is 9.84 Å². The van der Waals surface area contributed by atoms with E-state index in [4.69, 9.17) is 10.7 Å². The second-order valence-corrected chi connectivity index (χ2v) is 8.70. The van der Waals surface area contributed by atoms with Gasteiger partial charge in [0.2, 0.25) is 9.05 Å². The molecular weight excluding hydrogens is 260 g/mol. The van der Waals surface area contributed by atoms with Gasteiger partial charge in [0, 0.05) is 10.7 Å². The summed E-state index contributed by atoms with van der Waals surface area (Å²) in [6.45, 7) is 0. The van der Waals surface area contributed by atoms with Crippen LogP contribution in [-0.4, -0.2) is 34.1 Å². The maximum atomic E-state index is 11.2. The molecule has 0 N–H and O–H groups in total. The Hall–Kier alpha value is -0.0700. The van der Waals surface area contributed by atoms with Crippen molar-refractivity contribution in [1.82, 2.24) is 0 Å². The van der Waals surface area contributed by atoms with Gasteiger partial charge in [-0.3, -0.25) is 0 Å². The molecule has 0 spiro atoms. The van der Waals surface area contributed by atoms with Crippen molar-refractivity contribution < 1.29 is 16.8 Å². The standard InChI is InChI=1S/C8H13ClO4S2/c9-15(12,13)7-4-8-2-1-5-14(10,11)6-3-8/h4H,1-3,5-7H2/b8-4+. The summed E-state index contributed by atoms with van der Waals surface area (Å²) in [7, 11) is -1.39. The van der Waals surface area contributed by atoms with Gasteiger partial charge in [0.05, 0.1) is 17.3 Å². The number of sulfone groups is 1. The Bertz CT molecular complexity index is 447. The summed E-state index contributed by atoms with van der Waals surface area (Å²) in [5.41, 5.74) is 0.875. The Balaban J connectivity index is 2.66. The van der Waals surface area contributed by atoms with Crippen molar-refractivity contribution in [2.45, 2.75) is 19.3 Å². The van der Waals surface area contributed by atoms with Gasteiger partial charge in [-0.1, -0.05) is 11.6 Å². The molecule has 1 aliphatic rings. The number of hydrogen-bond acceptors (Lipinski definition) is 4.